The summed E-state index contributed by atoms with van der Waals surface area (Å²) < 4.78 is 0. The molecule has 3 heteroatoms. The molecule has 0 spiro atoms. The van der Waals surface area contributed by atoms with E-state index < -0.39 is 6.23 Å². The van der Waals surface area contributed by atoms with Crippen LogP contribution in [0.3, 0.4) is 0 Å². The first-order chi connectivity index (χ1) is 5.68. The third-order valence-electron chi connectivity index (χ3n) is 1.64. The largest absolute Gasteiger partial charge is 0.508 e. The number of aliphatic hydroxyl groups is 1. The van der Waals surface area contributed by atoms with E-state index >= 15 is 0 Å². The Balaban J connectivity index is 2.52. The normalized spacial score (nSPS) is 12.8. The van der Waals surface area contributed by atoms with E-state index in [1.165, 1.54) is 0 Å². The molecule has 1 aromatic carbocycles. The molecule has 0 fully saturated rings. The summed E-state index contributed by atoms with van der Waals surface area (Å²) in [5, 5.41) is 17.9. The smallest absolute Gasteiger partial charge is 0.115 e. The van der Waals surface area contributed by atoms with Crippen molar-refractivity contribution in [2.45, 2.75) is 19.1 Å². The Morgan fingerprint density at radius 2 is 2.17 bits per heavy atom. The predicted molar refractivity (Wildman–Crippen MR) is 46.6 cm³/mol. The fourth-order valence-corrected chi connectivity index (χ4v) is 1.03. The molecule has 0 heterocycles. The molecule has 0 saturated carbocycles. The first-order valence-electron chi connectivity index (χ1n) is 3.90. The molecule has 66 valence electrons. The first kappa shape index (κ1) is 9.03. The summed E-state index contributed by atoms with van der Waals surface area (Å²) in [6.07, 6.45) is 0.433. The number of phenols is 1. The highest BCUT2D eigenvalue weighted by Crippen LogP contribution is 2.12. The van der Waals surface area contributed by atoms with Gasteiger partial charge >= 0.3 is 0 Å². The first-order valence-corrected chi connectivity index (χ1v) is 3.90. The molecule has 1 atom stereocenters. The standard InChI is InChI=1S/C9H13NO2/c10-9(12)5-4-7-2-1-3-8(11)6-7/h1-3,6,9,11-12H,4-5,10H2. The SMILES string of the molecule is NC(O)CCc1cccc(O)c1. The van der Waals surface area contributed by atoms with Crippen molar-refractivity contribution in [3.05, 3.63) is 29.8 Å². The van der Waals surface area contributed by atoms with Crippen LogP contribution in [0.2, 0.25) is 0 Å². The van der Waals surface area contributed by atoms with Crippen LogP contribution in [-0.2, 0) is 6.42 Å². The summed E-state index contributed by atoms with van der Waals surface area (Å²) in [5.41, 5.74) is 6.16. The van der Waals surface area contributed by atoms with Crippen LogP contribution in [0.4, 0.5) is 0 Å². The Labute approximate surface area is 71.5 Å². The number of aryl methyl sites for hydroxylation is 1. The van der Waals surface area contributed by atoms with Gasteiger partial charge in [0.1, 0.15) is 12.0 Å². The van der Waals surface area contributed by atoms with Crippen LogP contribution in [0.25, 0.3) is 0 Å². The van der Waals surface area contributed by atoms with Crippen LogP contribution in [-0.4, -0.2) is 16.4 Å². The predicted octanol–water partition coefficient (Wildman–Crippen LogP) is 0.602. The summed E-state index contributed by atoms with van der Waals surface area (Å²) in [5.74, 6) is 0.249. The van der Waals surface area contributed by atoms with Gasteiger partial charge in [-0.2, -0.15) is 0 Å². The monoisotopic (exact) mass is 167 g/mol. The zero-order valence-corrected chi connectivity index (χ0v) is 6.77. The van der Waals surface area contributed by atoms with Crippen LogP contribution in [0.1, 0.15) is 12.0 Å². The average Bonchev–Trinajstić information content (AvgIpc) is 2.01. The van der Waals surface area contributed by atoms with Crippen molar-refractivity contribution in [3.8, 4) is 5.75 Å². The van der Waals surface area contributed by atoms with E-state index in [-0.39, 0.29) is 5.75 Å². The molecule has 0 amide bonds. The lowest BCUT2D eigenvalue weighted by molar-refractivity contribution is 0.172. The Morgan fingerprint density at radius 1 is 1.42 bits per heavy atom. The van der Waals surface area contributed by atoms with Gasteiger partial charge in [-0.05, 0) is 30.5 Å². The molecule has 3 nitrogen and oxygen atoms in total. The molecule has 0 bridgehead atoms. The maximum absolute atomic E-state index is 9.08. The van der Waals surface area contributed by atoms with Gasteiger partial charge in [0.15, 0.2) is 0 Å². The summed E-state index contributed by atoms with van der Waals surface area (Å²) in [7, 11) is 0. The molecule has 4 N–H and O–H groups in total. The highest BCUT2D eigenvalue weighted by Gasteiger charge is 1.98. The van der Waals surface area contributed by atoms with E-state index in [4.69, 9.17) is 15.9 Å². The van der Waals surface area contributed by atoms with Gasteiger partial charge in [-0.25, -0.2) is 0 Å². The van der Waals surface area contributed by atoms with E-state index in [1.807, 2.05) is 6.07 Å². The minimum absolute atomic E-state index is 0.249. The average molecular weight is 167 g/mol. The van der Waals surface area contributed by atoms with Gasteiger partial charge in [-0.1, -0.05) is 12.1 Å². The maximum Gasteiger partial charge on any atom is 0.115 e. The summed E-state index contributed by atoms with van der Waals surface area (Å²) in [6.45, 7) is 0. The zero-order chi connectivity index (χ0) is 8.97. The number of phenolic OH excluding ortho intramolecular Hbond substituents is 1. The number of benzene rings is 1. The molecular formula is C9H13NO2. The second-order valence-corrected chi connectivity index (χ2v) is 2.78. The van der Waals surface area contributed by atoms with Gasteiger partial charge in [0.2, 0.25) is 0 Å². The lowest BCUT2D eigenvalue weighted by Crippen LogP contribution is -2.19. The summed E-state index contributed by atoms with van der Waals surface area (Å²) >= 11 is 0. The van der Waals surface area contributed by atoms with Crippen molar-refractivity contribution in [2.24, 2.45) is 5.73 Å². The number of aliphatic hydroxyl groups excluding tert-OH is 1. The quantitative estimate of drug-likeness (QED) is 0.577. The second kappa shape index (κ2) is 4.09. The highest BCUT2D eigenvalue weighted by molar-refractivity contribution is 5.27. The van der Waals surface area contributed by atoms with Crippen LogP contribution in [0, 0.1) is 0 Å². The van der Waals surface area contributed by atoms with Gasteiger partial charge < -0.3 is 15.9 Å². The van der Waals surface area contributed by atoms with Crippen LogP contribution in [0.5, 0.6) is 5.75 Å². The minimum atomic E-state index is -0.771. The maximum atomic E-state index is 9.08. The van der Waals surface area contributed by atoms with Gasteiger partial charge in [0, 0.05) is 0 Å². The summed E-state index contributed by atoms with van der Waals surface area (Å²) in [4.78, 5) is 0. The topological polar surface area (TPSA) is 66.5 Å². The van der Waals surface area contributed by atoms with Gasteiger partial charge in [0.25, 0.3) is 0 Å². The van der Waals surface area contributed by atoms with Crippen molar-refractivity contribution >= 4 is 0 Å². The third-order valence-corrected chi connectivity index (χ3v) is 1.64. The lowest BCUT2D eigenvalue weighted by atomic mass is 10.1. The molecule has 0 radical (unpaired) electrons. The molecule has 0 aliphatic heterocycles. The van der Waals surface area contributed by atoms with E-state index in [1.54, 1.807) is 18.2 Å². The zero-order valence-electron chi connectivity index (χ0n) is 6.77. The van der Waals surface area contributed by atoms with Crippen molar-refractivity contribution in [3.63, 3.8) is 0 Å². The Morgan fingerprint density at radius 3 is 2.75 bits per heavy atom. The number of hydrogen-bond donors (Lipinski definition) is 3. The van der Waals surface area contributed by atoms with Gasteiger partial charge in [-0.15, -0.1) is 0 Å². The Hall–Kier alpha value is -1.06. The Bertz CT molecular complexity index is 248. The van der Waals surface area contributed by atoms with Crippen molar-refractivity contribution in [2.75, 3.05) is 0 Å². The molecule has 12 heavy (non-hydrogen) atoms. The number of aromatic hydroxyl groups is 1. The van der Waals surface area contributed by atoms with E-state index in [2.05, 4.69) is 0 Å². The van der Waals surface area contributed by atoms with Gasteiger partial charge in [-0.3, -0.25) is 0 Å². The van der Waals surface area contributed by atoms with Crippen LogP contribution >= 0.6 is 0 Å². The fourth-order valence-electron chi connectivity index (χ4n) is 1.03. The number of nitrogens with two attached hydrogens (primary N) is 1. The highest BCUT2D eigenvalue weighted by atomic mass is 16.3. The van der Waals surface area contributed by atoms with E-state index in [0.29, 0.717) is 12.8 Å². The molecule has 1 aromatic rings. The van der Waals surface area contributed by atoms with Crippen LogP contribution in [0.15, 0.2) is 24.3 Å². The fraction of sp³-hybridized carbons (Fsp3) is 0.333. The van der Waals surface area contributed by atoms with E-state index in [0.717, 1.165) is 5.56 Å². The molecule has 0 aliphatic rings. The number of hydrogen-bond acceptors (Lipinski definition) is 3. The molecular weight excluding hydrogens is 154 g/mol. The Kier molecular flexibility index (Phi) is 3.08. The van der Waals surface area contributed by atoms with Crippen molar-refractivity contribution in [1.82, 2.24) is 0 Å². The molecule has 0 saturated heterocycles. The second-order valence-electron chi connectivity index (χ2n) is 2.78. The third kappa shape index (κ3) is 2.90. The number of rotatable bonds is 3. The molecule has 0 aliphatic carbocycles. The summed E-state index contributed by atoms with van der Waals surface area (Å²) in [6, 6.07) is 6.94. The molecule has 1 unspecified atom stereocenters. The molecule has 1 rings (SSSR count). The van der Waals surface area contributed by atoms with E-state index in [9.17, 15) is 0 Å². The van der Waals surface area contributed by atoms with Crippen LogP contribution < -0.4 is 5.73 Å². The minimum Gasteiger partial charge on any atom is -0.508 e. The molecule has 0 aromatic heterocycles. The lowest BCUT2D eigenvalue weighted by Gasteiger charge is -2.03. The van der Waals surface area contributed by atoms with Crippen molar-refractivity contribution < 1.29 is 10.2 Å². The van der Waals surface area contributed by atoms with Gasteiger partial charge in [0.05, 0.1) is 0 Å². The van der Waals surface area contributed by atoms with Crippen molar-refractivity contribution in [1.29, 1.82) is 0 Å².